The number of carboxylic acid groups (broad SMARTS) is 1. The van der Waals surface area contributed by atoms with Gasteiger partial charge in [0.2, 0.25) is 0 Å². The molecule has 0 spiro atoms. The number of likely N-dealkylation sites (N-methyl/N-ethyl adjacent to an activating group) is 1. The lowest BCUT2D eigenvalue weighted by Crippen LogP contribution is -2.53. The van der Waals surface area contributed by atoms with E-state index in [1.807, 2.05) is 12.1 Å². The Morgan fingerprint density at radius 2 is 2.10 bits per heavy atom. The molecule has 1 aromatic carbocycles. The van der Waals surface area contributed by atoms with Gasteiger partial charge in [0.15, 0.2) is 0 Å². The molecule has 0 saturated carbocycles. The van der Waals surface area contributed by atoms with Crippen LogP contribution in [0.3, 0.4) is 0 Å². The first-order valence-electron chi connectivity index (χ1n) is 7.26. The van der Waals surface area contributed by atoms with Crippen LogP contribution in [-0.2, 0) is 17.8 Å². The van der Waals surface area contributed by atoms with Crippen molar-refractivity contribution in [3.8, 4) is 0 Å². The number of nitrogens with zero attached hydrogens (tertiary/aromatic N) is 1. The summed E-state index contributed by atoms with van der Waals surface area (Å²) in [5.41, 5.74) is 1.57. The van der Waals surface area contributed by atoms with Crippen LogP contribution in [0.4, 0.5) is 0 Å². The number of hydrogen-bond donors (Lipinski definition) is 2. The van der Waals surface area contributed by atoms with Crippen LogP contribution < -0.4 is 5.32 Å². The lowest BCUT2D eigenvalue weighted by Gasteiger charge is -2.35. The van der Waals surface area contributed by atoms with Gasteiger partial charge in [-0.05, 0) is 50.9 Å². The van der Waals surface area contributed by atoms with Gasteiger partial charge >= 0.3 is 5.97 Å². The Balaban J connectivity index is 2.41. The number of benzene rings is 1. The van der Waals surface area contributed by atoms with E-state index in [-0.39, 0.29) is 5.91 Å². The summed E-state index contributed by atoms with van der Waals surface area (Å²) < 4.78 is 0. The average molecular weight is 290 g/mol. The topological polar surface area (TPSA) is 69.6 Å². The molecule has 0 fully saturated rings. The Morgan fingerprint density at radius 3 is 2.71 bits per heavy atom. The van der Waals surface area contributed by atoms with Crippen LogP contribution in [0.25, 0.3) is 0 Å². The molecule has 2 rings (SSSR count). The van der Waals surface area contributed by atoms with E-state index in [0.29, 0.717) is 12.1 Å². The molecule has 114 valence electrons. The van der Waals surface area contributed by atoms with Crippen molar-refractivity contribution in [1.29, 1.82) is 0 Å². The zero-order chi connectivity index (χ0) is 15.6. The first kappa shape index (κ1) is 15.5. The van der Waals surface area contributed by atoms with E-state index in [2.05, 4.69) is 5.32 Å². The predicted molar refractivity (Wildman–Crippen MR) is 80.3 cm³/mol. The first-order chi connectivity index (χ1) is 9.89. The highest BCUT2D eigenvalue weighted by molar-refractivity contribution is 5.99. The molecule has 1 heterocycles. The molecule has 1 aromatic rings. The van der Waals surface area contributed by atoms with Crippen LogP contribution in [0, 0.1) is 0 Å². The summed E-state index contributed by atoms with van der Waals surface area (Å²) in [7, 11) is 0. The van der Waals surface area contributed by atoms with Crippen LogP contribution in [0.1, 0.15) is 42.3 Å². The van der Waals surface area contributed by atoms with E-state index in [0.717, 1.165) is 30.6 Å². The van der Waals surface area contributed by atoms with E-state index in [1.165, 1.54) is 4.90 Å². The van der Waals surface area contributed by atoms with Gasteiger partial charge in [-0.3, -0.25) is 4.79 Å². The fourth-order valence-corrected chi connectivity index (χ4v) is 2.79. The Kier molecular flexibility index (Phi) is 4.32. The third-order valence-electron chi connectivity index (χ3n) is 4.13. The molecule has 0 aliphatic carbocycles. The summed E-state index contributed by atoms with van der Waals surface area (Å²) in [6, 6.07) is 5.67. The lowest BCUT2D eigenvalue weighted by molar-refractivity contribution is -0.147. The van der Waals surface area contributed by atoms with Crippen molar-refractivity contribution in [2.75, 3.05) is 13.1 Å². The van der Waals surface area contributed by atoms with Crippen LogP contribution in [0.2, 0.25) is 0 Å². The maximum absolute atomic E-state index is 12.8. The van der Waals surface area contributed by atoms with Crippen LogP contribution >= 0.6 is 0 Å². The number of rotatable bonds is 4. The van der Waals surface area contributed by atoms with E-state index in [1.54, 1.807) is 26.8 Å². The second-order valence-electron chi connectivity index (χ2n) is 5.78. The molecule has 0 bridgehead atoms. The van der Waals surface area contributed by atoms with Crippen LogP contribution in [-0.4, -0.2) is 40.5 Å². The molecule has 0 radical (unpaired) electrons. The molecule has 1 aliphatic rings. The van der Waals surface area contributed by atoms with E-state index in [9.17, 15) is 14.7 Å². The molecule has 1 aliphatic heterocycles. The summed E-state index contributed by atoms with van der Waals surface area (Å²) in [5, 5.41) is 12.7. The fraction of sp³-hybridized carbons (Fsp3) is 0.500. The number of carbonyl (C=O) groups is 2. The third-order valence-corrected chi connectivity index (χ3v) is 4.13. The summed E-state index contributed by atoms with van der Waals surface area (Å²) in [5.74, 6) is -1.20. The quantitative estimate of drug-likeness (QED) is 0.885. The number of aliphatic carboxylic acids is 1. The maximum Gasteiger partial charge on any atom is 0.329 e. The molecule has 0 atom stereocenters. The predicted octanol–water partition coefficient (Wildman–Crippen LogP) is 1.66. The van der Waals surface area contributed by atoms with Crippen molar-refractivity contribution in [2.24, 2.45) is 0 Å². The Bertz CT molecular complexity index is 567. The number of hydrogen-bond acceptors (Lipinski definition) is 3. The van der Waals surface area contributed by atoms with E-state index < -0.39 is 11.5 Å². The molecular weight excluding hydrogens is 268 g/mol. The molecule has 0 aromatic heterocycles. The van der Waals surface area contributed by atoms with E-state index in [4.69, 9.17) is 0 Å². The van der Waals surface area contributed by atoms with Crippen LogP contribution in [0.15, 0.2) is 18.2 Å². The number of carbonyl (C=O) groups excluding carboxylic acids is 1. The summed E-state index contributed by atoms with van der Waals surface area (Å²) >= 11 is 0. The van der Waals surface area contributed by atoms with Gasteiger partial charge in [0.05, 0.1) is 0 Å². The zero-order valence-electron chi connectivity index (χ0n) is 12.8. The molecule has 0 unspecified atom stereocenters. The largest absolute Gasteiger partial charge is 0.480 e. The second kappa shape index (κ2) is 5.85. The molecule has 5 nitrogen and oxygen atoms in total. The highest BCUT2D eigenvalue weighted by atomic mass is 16.4. The standard InChI is InChI=1S/C16H22N2O3/c1-4-18(16(2,3)15(20)21)14(19)13-7-5-6-11-10-17-9-8-12(11)13/h5-7,17H,4,8-10H2,1-3H3,(H,20,21). The molecule has 21 heavy (non-hydrogen) atoms. The van der Waals surface area contributed by atoms with Crippen molar-refractivity contribution in [3.63, 3.8) is 0 Å². The first-order valence-corrected chi connectivity index (χ1v) is 7.26. The van der Waals surface area contributed by atoms with Gasteiger partial charge in [0, 0.05) is 18.7 Å². The smallest absolute Gasteiger partial charge is 0.329 e. The minimum absolute atomic E-state index is 0.205. The van der Waals surface area contributed by atoms with Crippen molar-refractivity contribution in [2.45, 2.75) is 39.3 Å². The lowest BCUT2D eigenvalue weighted by atomic mass is 9.93. The zero-order valence-corrected chi connectivity index (χ0v) is 12.8. The summed E-state index contributed by atoms with van der Waals surface area (Å²) in [6.07, 6.45) is 0.794. The summed E-state index contributed by atoms with van der Waals surface area (Å²) in [6.45, 7) is 6.89. The molecule has 0 saturated heterocycles. The van der Waals surface area contributed by atoms with Crippen molar-refractivity contribution in [1.82, 2.24) is 10.2 Å². The Hall–Kier alpha value is -1.88. The second-order valence-corrected chi connectivity index (χ2v) is 5.78. The number of carboxylic acids is 1. The highest BCUT2D eigenvalue weighted by Gasteiger charge is 2.38. The van der Waals surface area contributed by atoms with Crippen molar-refractivity contribution in [3.05, 3.63) is 34.9 Å². The summed E-state index contributed by atoms with van der Waals surface area (Å²) in [4.78, 5) is 25.7. The molecule has 1 amide bonds. The third kappa shape index (κ3) is 2.78. The van der Waals surface area contributed by atoms with Crippen molar-refractivity contribution >= 4 is 11.9 Å². The van der Waals surface area contributed by atoms with Crippen LogP contribution in [0.5, 0.6) is 0 Å². The minimum Gasteiger partial charge on any atom is -0.480 e. The number of nitrogens with one attached hydrogen (secondary N) is 1. The van der Waals surface area contributed by atoms with Gasteiger partial charge in [-0.2, -0.15) is 0 Å². The van der Waals surface area contributed by atoms with Gasteiger partial charge in [-0.1, -0.05) is 12.1 Å². The van der Waals surface area contributed by atoms with Gasteiger partial charge < -0.3 is 15.3 Å². The maximum atomic E-state index is 12.8. The van der Waals surface area contributed by atoms with Crippen molar-refractivity contribution < 1.29 is 14.7 Å². The Morgan fingerprint density at radius 1 is 1.38 bits per heavy atom. The van der Waals surface area contributed by atoms with Gasteiger partial charge in [-0.15, -0.1) is 0 Å². The SMILES string of the molecule is CCN(C(=O)c1cccc2c1CCNC2)C(C)(C)C(=O)O. The average Bonchev–Trinajstić information content (AvgIpc) is 2.46. The highest BCUT2D eigenvalue weighted by Crippen LogP contribution is 2.24. The molecule has 2 N–H and O–H groups in total. The molecular formula is C16H22N2O3. The Labute approximate surface area is 125 Å². The number of fused-ring (bicyclic) bond motifs is 1. The monoisotopic (exact) mass is 290 g/mol. The van der Waals surface area contributed by atoms with Gasteiger partial charge in [-0.25, -0.2) is 4.79 Å². The van der Waals surface area contributed by atoms with E-state index >= 15 is 0 Å². The minimum atomic E-state index is -1.22. The number of amides is 1. The fourth-order valence-electron chi connectivity index (χ4n) is 2.79. The van der Waals surface area contributed by atoms with Gasteiger partial charge in [0.1, 0.15) is 5.54 Å². The normalized spacial score (nSPS) is 14.4. The molecule has 5 heteroatoms. The van der Waals surface area contributed by atoms with Gasteiger partial charge in [0.25, 0.3) is 5.91 Å².